The standard InChI is InChI=1S/C15H23NO5/c1-4-12-11(15(18)19)8-13(21-12)14(17)16-6-5-7-20-9-10(2)3/h8,10H,4-7,9H2,1-3H3,(H,16,17)(H,18,19). The van der Waals surface area contributed by atoms with E-state index in [1.807, 2.05) is 0 Å². The fourth-order valence-corrected chi connectivity index (χ4v) is 1.77. The largest absolute Gasteiger partial charge is 0.478 e. The molecule has 6 heteroatoms. The molecule has 1 aromatic rings. The molecular weight excluding hydrogens is 274 g/mol. The van der Waals surface area contributed by atoms with Crippen LogP contribution >= 0.6 is 0 Å². The van der Waals surface area contributed by atoms with Gasteiger partial charge in [0.25, 0.3) is 5.91 Å². The zero-order chi connectivity index (χ0) is 15.8. The number of nitrogens with one attached hydrogen (secondary N) is 1. The molecular formula is C15H23NO5. The molecule has 0 radical (unpaired) electrons. The molecule has 0 saturated carbocycles. The lowest BCUT2D eigenvalue weighted by Crippen LogP contribution is -2.25. The minimum Gasteiger partial charge on any atom is -0.478 e. The molecule has 118 valence electrons. The highest BCUT2D eigenvalue weighted by Gasteiger charge is 2.19. The van der Waals surface area contributed by atoms with Crippen LogP contribution < -0.4 is 5.32 Å². The number of carbonyl (C=O) groups is 2. The van der Waals surface area contributed by atoms with E-state index in [4.69, 9.17) is 14.3 Å². The first-order valence-corrected chi connectivity index (χ1v) is 7.17. The number of ether oxygens (including phenoxy) is 1. The smallest absolute Gasteiger partial charge is 0.339 e. The van der Waals surface area contributed by atoms with Gasteiger partial charge in [0.15, 0.2) is 5.76 Å². The van der Waals surface area contributed by atoms with Crippen LogP contribution in [0.25, 0.3) is 0 Å². The van der Waals surface area contributed by atoms with Crippen molar-refractivity contribution in [3.8, 4) is 0 Å². The van der Waals surface area contributed by atoms with E-state index >= 15 is 0 Å². The first kappa shape index (κ1) is 17.2. The Bertz CT molecular complexity index is 478. The van der Waals surface area contributed by atoms with Gasteiger partial charge in [-0.3, -0.25) is 4.79 Å². The lowest BCUT2D eigenvalue weighted by atomic mass is 10.2. The monoisotopic (exact) mass is 297 g/mol. The summed E-state index contributed by atoms with van der Waals surface area (Å²) in [6.45, 7) is 7.67. The average molecular weight is 297 g/mol. The minimum absolute atomic E-state index is 0.0346. The molecule has 0 unspecified atom stereocenters. The predicted molar refractivity (Wildman–Crippen MR) is 77.7 cm³/mol. The summed E-state index contributed by atoms with van der Waals surface area (Å²) in [4.78, 5) is 22.8. The summed E-state index contributed by atoms with van der Waals surface area (Å²) in [5, 5.41) is 11.7. The minimum atomic E-state index is -1.09. The Morgan fingerprint density at radius 2 is 2.14 bits per heavy atom. The maximum absolute atomic E-state index is 11.9. The lowest BCUT2D eigenvalue weighted by molar-refractivity contribution is 0.0694. The van der Waals surface area contributed by atoms with Crippen LogP contribution in [0.5, 0.6) is 0 Å². The number of hydrogen-bond donors (Lipinski definition) is 2. The Labute approximate surface area is 124 Å². The summed E-state index contributed by atoms with van der Waals surface area (Å²) in [6, 6.07) is 1.27. The van der Waals surface area contributed by atoms with Crippen LogP contribution in [0.1, 0.15) is 53.9 Å². The summed E-state index contributed by atoms with van der Waals surface area (Å²) in [7, 11) is 0. The van der Waals surface area contributed by atoms with E-state index < -0.39 is 11.9 Å². The third kappa shape index (κ3) is 5.59. The van der Waals surface area contributed by atoms with Gasteiger partial charge >= 0.3 is 5.97 Å². The molecule has 0 atom stereocenters. The highest BCUT2D eigenvalue weighted by atomic mass is 16.5. The number of hydrogen-bond acceptors (Lipinski definition) is 4. The molecule has 0 aliphatic carbocycles. The Kier molecular flexibility index (Phi) is 6.94. The lowest BCUT2D eigenvalue weighted by Gasteiger charge is -2.07. The quantitative estimate of drug-likeness (QED) is 0.683. The van der Waals surface area contributed by atoms with Crippen molar-refractivity contribution < 1.29 is 23.8 Å². The number of rotatable bonds is 9. The molecule has 0 fully saturated rings. The van der Waals surface area contributed by atoms with Crippen LogP contribution in [0.15, 0.2) is 10.5 Å². The van der Waals surface area contributed by atoms with E-state index in [1.165, 1.54) is 6.07 Å². The number of amides is 1. The van der Waals surface area contributed by atoms with Crippen molar-refractivity contribution in [2.24, 2.45) is 5.92 Å². The van der Waals surface area contributed by atoms with Gasteiger partial charge in [-0.05, 0) is 12.3 Å². The Hall–Kier alpha value is -1.82. The van der Waals surface area contributed by atoms with E-state index in [9.17, 15) is 9.59 Å². The summed E-state index contributed by atoms with van der Waals surface area (Å²) < 4.78 is 10.7. The highest BCUT2D eigenvalue weighted by Crippen LogP contribution is 2.16. The Morgan fingerprint density at radius 1 is 1.43 bits per heavy atom. The molecule has 0 aliphatic rings. The fraction of sp³-hybridized carbons (Fsp3) is 0.600. The molecule has 0 aromatic carbocycles. The third-order valence-electron chi connectivity index (χ3n) is 2.79. The summed E-state index contributed by atoms with van der Waals surface area (Å²) >= 11 is 0. The second kappa shape index (κ2) is 8.46. The van der Waals surface area contributed by atoms with E-state index in [2.05, 4.69) is 19.2 Å². The first-order valence-electron chi connectivity index (χ1n) is 7.17. The fourth-order valence-electron chi connectivity index (χ4n) is 1.77. The molecule has 0 spiro atoms. The van der Waals surface area contributed by atoms with E-state index in [1.54, 1.807) is 6.92 Å². The van der Waals surface area contributed by atoms with Crippen molar-refractivity contribution in [1.82, 2.24) is 5.32 Å². The van der Waals surface area contributed by atoms with Gasteiger partial charge in [-0.25, -0.2) is 4.79 Å². The zero-order valence-electron chi connectivity index (χ0n) is 12.8. The summed E-state index contributed by atoms with van der Waals surface area (Å²) in [5.41, 5.74) is 0.0444. The number of furan rings is 1. The Morgan fingerprint density at radius 3 is 2.67 bits per heavy atom. The number of carbonyl (C=O) groups excluding carboxylic acids is 1. The van der Waals surface area contributed by atoms with Crippen LogP contribution in [0.4, 0.5) is 0 Å². The van der Waals surface area contributed by atoms with Crippen molar-refractivity contribution in [1.29, 1.82) is 0 Å². The second-order valence-corrected chi connectivity index (χ2v) is 5.18. The normalized spacial score (nSPS) is 10.9. The van der Waals surface area contributed by atoms with E-state index in [0.29, 0.717) is 44.3 Å². The molecule has 2 N–H and O–H groups in total. The number of carboxylic acids is 1. The molecule has 1 amide bonds. The van der Waals surface area contributed by atoms with Crippen LogP contribution in [0, 0.1) is 5.92 Å². The molecule has 1 rings (SSSR count). The average Bonchev–Trinajstić information content (AvgIpc) is 2.86. The maximum atomic E-state index is 11.9. The van der Waals surface area contributed by atoms with Gasteiger partial charge in [0.2, 0.25) is 0 Å². The maximum Gasteiger partial charge on any atom is 0.339 e. The first-order chi connectivity index (χ1) is 9.95. The third-order valence-corrected chi connectivity index (χ3v) is 2.79. The van der Waals surface area contributed by atoms with Gasteiger partial charge < -0.3 is 19.6 Å². The molecule has 6 nitrogen and oxygen atoms in total. The number of carboxylic acid groups (broad SMARTS) is 1. The van der Waals surface area contributed by atoms with Gasteiger partial charge in [-0.1, -0.05) is 20.8 Å². The second-order valence-electron chi connectivity index (χ2n) is 5.18. The van der Waals surface area contributed by atoms with Gasteiger partial charge in [-0.2, -0.15) is 0 Å². The number of aromatic carboxylic acids is 1. The molecule has 0 saturated heterocycles. The number of aryl methyl sites for hydroxylation is 1. The van der Waals surface area contributed by atoms with Crippen molar-refractivity contribution in [2.45, 2.75) is 33.6 Å². The van der Waals surface area contributed by atoms with E-state index in [-0.39, 0.29) is 11.3 Å². The van der Waals surface area contributed by atoms with E-state index in [0.717, 1.165) is 0 Å². The van der Waals surface area contributed by atoms with Crippen LogP contribution in [-0.4, -0.2) is 36.7 Å². The topological polar surface area (TPSA) is 88.8 Å². The predicted octanol–water partition coefficient (Wildman–Crippen LogP) is 2.33. The molecule has 0 bridgehead atoms. The highest BCUT2D eigenvalue weighted by molar-refractivity contribution is 5.96. The molecule has 1 aromatic heterocycles. The van der Waals surface area contributed by atoms with Crippen molar-refractivity contribution >= 4 is 11.9 Å². The van der Waals surface area contributed by atoms with Gasteiger partial charge in [0, 0.05) is 32.2 Å². The summed E-state index contributed by atoms with van der Waals surface area (Å²) in [5.74, 6) is -0.650. The van der Waals surface area contributed by atoms with Crippen LogP contribution in [0.3, 0.4) is 0 Å². The van der Waals surface area contributed by atoms with Gasteiger partial charge in [0.1, 0.15) is 11.3 Å². The molecule has 0 aliphatic heterocycles. The van der Waals surface area contributed by atoms with Crippen molar-refractivity contribution in [3.63, 3.8) is 0 Å². The Balaban J connectivity index is 2.40. The zero-order valence-corrected chi connectivity index (χ0v) is 12.8. The van der Waals surface area contributed by atoms with Gasteiger partial charge in [0.05, 0.1) is 0 Å². The van der Waals surface area contributed by atoms with Crippen LogP contribution in [0.2, 0.25) is 0 Å². The van der Waals surface area contributed by atoms with Crippen molar-refractivity contribution in [3.05, 3.63) is 23.2 Å². The SMILES string of the molecule is CCc1oc(C(=O)NCCCOCC(C)C)cc1C(=O)O. The molecule has 1 heterocycles. The van der Waals surface area contributed by atoms with Gasteiger partial charge in [-0.15, -0.1) is 0 Å². The molecule has 21 heavy (non-hydrogen) atoms. The van der Waals surface area contributed by atoms with Crippen LogP contribution in [-0.2, 0) is 11.2 Å². The van der Waals surface area contributed by atoms with Crippen molar-refractivity contribution in [2.75, 3.05) is 19.8 Å². The summed E-state index contributed by atoms with van der Waals surface area (Å²) in [6.07, 6.45) is 1.13.